The highest BCUT2D eigenvalue weighted by atomic mass is 35.5. The van der Waals surface area contributed by atoms with Crippen LogP contribution in [0.2, 0.25) is 5.02 Å². The summed E-state index contributed by atoms with van der Waals surface area (Å²) in [5.41, 5.74) is 0.131. The molecule has 0 radical (unpaired) electrons. The first-order valence-corrected chi connectivity index (χ1v) is 7.40. The molecule has 0 fully saturated rings. The van der Waals surface area contributed by atoms with Crippen molar-refractivity contribution in [3.8, 4) is 5.75 Å². The molecule has 6 nitrogen and oxygen atoms in total. The number of sulfonamides is 1. The zero-order valence-electron chi connectivity index (χ0n) is 10.1. The molecule has 1 heterocycles. The number of rotatable bonds is 4. The van der Waals surface area contributed by atoms with Crippen molar-refractivity contribution in [2.75, 3.05) is 0 Å². The van der Waals surface area contributed by atoms with Gasteiger partial charge in [0.25, 0.3) is 5.56 Å². The predicted molar refractivity (Wildman–Crippen MR) is 74.2 cm³/mol. The van der Waals surface area contributed by atoms with Gasteiger partial charge in [0.15, 0.2) is 0 Å². The van der Waals surface area contributed by atoms with Crippen molar-refractivity contribution in [1.29, 1.82) is 0 Å². The van der Waals surface area contributed by atoms with Gasteiger partial charge in [-0.05, 0) is 23.8 Å². The molecule has 0 saturated carbocycles. The van der Waals surface area contributed by atoms with E-state index in [1.165, 1.54) is 12.1 Å². The van der Waals surface area contributed by atoms with Crippen LogP contribution in [0, 0.1) is 0 Å². The Morgan fingerprint density at radius 3 is 2.50 bits per heavy atom. The van der Waals surface area contributed by atoms with Crippen molar-refractivity contribution < 1.29 is 13.5 Å². The lowest BCUT2D eigenvalue weighted by molar-refractivity contribution is 0.475. The van der Waals surface area contributed by atoms with Crippen molar-refractivity contribution in [2.24, 2.45) is 0 Å². The first kappa shape index (κ1) is 14.6. The highest BCUT2D eigenvalue weighted by Gasteiger charge is 2.15. The second kappa shape index (κ2) is 5.66. The Morgan fingerprint density at radius 2 is 1.90 bits per heavy atom. The van der Waals surface area contributed by atoms with Gasteiger partial charge in [0.1, 0.15) is 10.8 Å². The third-order valence-corrected chi connectivity index (χ3v) is 4.21. The van der Waals surface area contributed by atoms with Gasteiger partial charge in [0.2, 0.25) is 10.0 Å². The minimum atomic E-state index is -3.77. The number of phenols is 1. The Bertz CT molecular complexity index is 769. The molecule has 3 N–H and O–H groups in total. The quantitative estimate of drug-likeness (QED) is 0.790. The van der Waals surface area contributed by atoms with Crippen LogP contribution in [-0.4, -0.2) is 18.5 Å². The molecule has 2 rings (SSSR count). The number of hydrogen-bond donors (Lipinski definition) is 3. The second-order valence-corrected chi connectivity index (χ2v) is 6.18. The number of H-pyrrole nitrogens is 1. The summed E-state index contributed by atoms with van der Waals surface area (Å²) in [6.07, 6.45) is 1.08. The smallest absolute Gasteiger partial charge is 0.266 e. The topological polar surface area (TPSA) is 99.3 Å². The van der Waals surface area contributed by atoms with Crippen molar-refractivity contribution in [1.82, 2.24) is 9.71 Å². The van der Waals surface area contributed by atoms with Crippen LogP contribution in [0.3, 0.4) is 0 Å². The van der Waals surface area contributed by atoms with Crippen molar-refractivity contribution >= 4 is 21.6 Å². The Kier molecular flexibility index (Phi) is 4.12. The van der Waals surface area contributed by atoms with Crippen molar-refractivity contribution in [3.05, 3.63) is 57.5 Å². The van der Waals surface area contributed by atoms with Crippen LogP contribution < -0.4 is 10.3 Å². The predicted octanol–water partition coefficient (Wildman–Crippen LogP) is 1.21. The normalized spacial score (nSPS) is 11.4. The maximum absolute atomic E-state index is 12.0. The minimum Gasteiger partial charge on any atom is -0.508 e. The van der Waals surface area contributed by atoms with Crippen LogP contribution in [-0.2, 0) is 16.6 Å². The Labute approximate surface area is 120 Å². The first-order valence-electron chi connectivity index (χ1n) is 5.54. The molecule has 0 aliphatic rings. The molecule has 0 saturated heterocycles. The molecule has 2 aromatic rings. The van der Waals surface area contributed by atoms with Crippen LogP contribution >= 0.6 is 11.6 Å². The fourth-order valence-electron chi connectivity index (χ4n) is 1.47. The summed E-state index contributed by atoms with van der Waals surface area (Å²) in [4.78, 5) is 13.2. The maximum atomic E-state index is 12.0. The molecular weight excluding hydrogens is 304 g/mol. The van der Waals surface area contributed by atoms with Gasteiger partial charge in [-0.3, -0.25) is 4.79 Å². The molecule has 106 valence electrons. The van der Waals surface area contributed by atoms with E-state index >= 15 is 0 Å². The number of pyridine rings is 1. The number of aromatic hydroxyl groups is 1. The van der Waals surface area contributed by atoms with Gasteiger partial charge in [-0.2, -0.15) is 0 Å². The van der Waals surface area contributed by atoms with Crippen LogP contribution in [0.1, 0.15) is 5.56 Å². The van der Waals surface area contributed by atoms with Crippen LogP contribution in [0.5, 0.6) is 5.75 Å². The van der Waals surface area contributed by atoms with Gasteiger partial charge < -0.3 is 10.1 Å². The second-order valence-electron chi connectivity index (χ2n) is 4.00. The summed E-state index contributed by atoms with van der Waals surface area (Å²) in [5, 5.41) is 8.94. The maximum Gasteiger partial charge on any atom is 0.266 e. The summed E-state index contributed by atoms with van der Waals surface area (Å²) in [6.45, 7) is 0.0549. The zero-order valence-corrected chi connectivity index (χ0v) is 11.7. The van der Waals surface area contributed by atoms with Gasteiger partial charge in [-0.15, -0.1) is 0 Å². The average Bonchev–Trinajstić information content (AvgIpc) is 2.41. The number of aromatic nitrogens is 1. The number of benzene rings is 1. The summed E-state index contributed by atoms with van der Waals surface area (Å²) in [5.74, 6) is 0.101. The zero-order chi connectivity index (χ0) is 14.8. The Balaban J connectivity index is 2.16. The fraction of sp³-hybridized carbons (Fsp3) is 0.0833. The van der Waals surface area contributed by atoms with Crippen LogP contribution in [0.25, 0.3) is 0 Å². The largest absolute Gasteiger partial charge is 0.508 e. The van der Waals surface area contributed by atoms with E-state index in [4.69, 9.17) is 16.7 Å². The van der Waals surface area contributed by atoms with E-state index < -0.39 is 15.6 Å². The lowest BCUT2D eigenvalue weighted by Gasteiger charge is -2.07. The highest BCUT2D eigenvalue weighted by molar-refractivity contribution is 7.89. The van der Waals surface area contributed by atoms with Crippen molar-refractivity contribution in [3.63, 3.8) is 0 Å². The fourth-order valence-corrected chi connectivity index (χ4v) is 2.72. The summed E-state index contributed by atoms with van der Waals surface area (Å²) >= 11 is 5.59. The summed E-state index contributed by atoms with van der Waals surface area (Å²) < 4.78 is 26.4. The van der Waals surface area contributed by atoms with Crippen LogP contribution in [0.15, 0.2) is 46.2 Å². The SMILES string of the molecule is O=c1[nH]cc(S(=O)(=O)NCc2ccc(O)cc2)cc1Cl. The molecule has 0 aliphatic heterocycles. The molecule has 0 bridgehead atoms. The average molecular weight is 315 g/mol. The number of halogens is 1. The molecule has 0 atom stereocenters. The molecule has 1 aromatic carbocycles. The minimum absolute atomic E-state index is 0.0549. The Morgan fingerprint density at radius 1 is 1.25 bits per heavy atom. The lowest BCUT2D eigenvalue weighted by atomic mass is 10.2. The van der Waals surface area contributed by atoms with Crippen molar-refractivity contribution in [2.45, 2.75) is 11.4 Å². The molecule has 20 heavy (non-hydrogen) atoms. The van der Waals surface area contributed by atoms with E-state index in [0.717, 1.165) is 12.3 Å². The van der Waals surface area contributed by atoms with E-state index in [2.05, 4.69) is 9.71 Å². The van der Waals surface area contributed by atoms with E-state index in [0.29, 0.717) is 5.56 Å². The third-order valence-electron chi connectivity index (χ3n) is 2.54. The first-order chi connectivity index (χ1) is 9.38. The highest BCUT2D eigenvalue weighted by Crippen LogP contribution is 2.13. The monoisotopic (exact) mass is 314 g/mol. The number of phenolic OH excluding ortho intramolecular Hbond substituents is 1. The number of nitrogens with one attached hydrogen (secondary N) is 2. The molecule has 0 spiro atoms. The van der Waals surface area contributed by atoms with Gasteiger partial charge in [0, 0.05) is 12.7 Å². The van der Waals surface area contributed by atoms with Crippen LogP contribution in [0.4, 0.5) is 0 Å². The van der Waals surface area contributed by atoms with Gasteiger partial charge in [-0.1, -0.05) is 23.7 Å². The third kappa shape index (κ3) is 3.38. The van der Waals surface area contributed by atoms with E-state index in [9.17, 15) is 13.2 Å². The van der Waals surface area contributed by atoms with Gasteiger partial charge in [0.05, 0.1) is 4.90 Å². The van der Waals surface area contributed by atoms with E-state index in [-0.39, 0.29) is 22.2 Å². The Hall–Kier alpha value is -1.83. The standard InChI is InChI=1S/C12H11ClN2O4S/c13-11-5-10(7-14-12(11)17)20(18,19)15-6-8-1-3-9(16)4-2-8/h1-5,7,15-16H,6H2,(H,14,17). The van der Waals surface area contributed by atoms with E-state index in [1.54, 1.807) is 12.1 Å². The van der Waals surface area contributed by atoms with E-state index in [1.807, 2.05) is 0 Å². The van der Waals surface area contributed by atoms with Gasteiger partial charge >= 0.3 is 0 Å². The molecule has 0 amide bonds. The summed E-state index contributed by atoms with van der Waals surface area (Å²) in [7, 11) is -3.77. The lowest BCUT2D eigenvalue weighted by Crippen LogP contribution is -2.24. The number of hydrogen-bond acceptors (Lipinski definition) is 4. The molecule has 1 aromatic heterocycles. The summed E-state index contributed by atoms with van der Waals surface area (Å²) in [6, 6.07) is 7.19. The molecule has 0 unspecified atom stereocenters. The number of aromatic amines is 1. The molecule has 8 heteroatoms. The molecular formula is C12H11ClN2O4S. The van der Waals surface area contributed by atoms with Gasteiger partial charge in [-0.25, -0.2) is 13.1 Å². The molecule has 0 aliphatic carbocycles.